The summed E-state index contributed by atoms with van der Waals surface area (Å²) in [5.41, 5.74) is 0. The zero-order valence-electron chi connectivity index (χ0n) is 10.8. The van der Waals surface area contributed by atoms with E-state index in [9.17, 15) is 4.79 Å². The predicted octanol–water partition coefficient (Wildman–Crippen LogP) is 3.20. The highest BCUT2D eigenvalue weighted by Gasteiger charge is 2.07. The Bertz CT molecular complexity index is 306. The first-order chi connectivity index (χ1) is 8.20. The average molecular weight is 235 g/mol. The van der Waals surface area contributed by atoms with Crippen molar-refractivity contribution in [2.24, 2.45) is 0 Å². The number of unbranched alkanes of at least 4 members (excludes halogenated alkanes) is 4. The molecular weight excluding hydrogens is 214 g/mol. The van der Waals surface area contributed by atoms with Crippen molar-refractivity contribution in [3.8, 4) is 17.9 Å². The lowest BCUT2D eigenvalue weighted by Gasteiger charge is -2.08. The normalized spacial score (nSPS) is 10.9. The topological polar surface area (TPSA) is 50.1 Å². The van der Waals surface area contributed by atoms with Gasteiger partial charge in [0.05, 0.1) is 6.07 Å². The summed E-state index contributed by atoms with van der Waals surface area (Å²) in [4.78, 5) is 10.8. The van der Waals surface area contributed by atoms with Crippen molar-refractivity contribution in [3.05, 3.63) is 0 Å². The molecule has 0 aliphatic carbocycles. The Morgan fingerprint density at radius 1 is 1.29 bits per heavy atom. The summed E-state index contributed by atoms with van der Waals surface area (Å²) in [7, 11) is 0. The van der Waals surface area contributed by atoms with E-state index in [1.807, 2.05) is 6.07 Å². The molecule has 0 unspecified atom stereocenters. The largest absolute Gasteiger partial charge is 0.449 e. The SMILES string of the molecule is CCCCCCC#C[C@H](CCC#N)OC(C)=O. The Morgan fingerprint density at radius 2 is 2.06 bits per heavy atom. The van der Waals surface area contributed by atoms with Gasteiger partial charge >= 0.3 is 5.97 Å². The van der Waals surface area contributed by atoms with E-state index in [4.69, 9.17) is 10.00 Å². The minimum atomic E-state index is -0.418. The van der Waals surface area contributed by atoms with Gasteiger partial charge in [-0.1, -0.05) is 38.0 Å². The molecule has 0 aliphatic heterocycles. The van der Waals surface area contributed by atoms with Gasteiger partial charge < -0.3 is 4.74 Å². The highest BCUT2D eigenvalue weighted by molar-refractivity contribution is 5.66. The molecule has 0 spiro atoms. The van der Waals surface area contributed by atoms with Crippen LogP contribution in [0.5, 0.6) is 0 Å². The molecule has 3 nitrogen and oxygen atoms in total. The molecule has 0 heterocycles. The van der Waals surface area contributed by atoms with Crippen molar-refractivity contribution in [1.82, 2.24) is 0 Å². The van der Waals surface area contributed by atoms with Gasteiger partial charge in [0.25, 0.3) is 0 Å². The molecule has 0 aromatic carbocycles. The number of hydrogen-bond donors (Lipinski definition) is 0. The highest BCUT2D eigenvalue weighted by Crippen LogP contribution is 2.03. The van der Waals surface area contributed by atoms with Gasteiger partial charge in [-0.25, -0.2) is 0 Å². The maximum absolute atomic E-state index is 10.8. The van der Waals surface area contributed by atoms with E-state index in [-0.39, 0.29) is 5.97 Å². The molecular formula is C14H21NO2. The van der Waals surface area contributed by atoms with Crippen LogP contribution in [0.15, 0.2) is 0 Å². The molecule has 0 bridgehead atoms. The second-order valence-corrected chi connectivity index (χ2v) is 3.93. The molecule has 0 N–H and O–H groups in total. The quantitative estimate of drug-likeness (QED) is 0.387. The van der Waals surface area contributed by atoms with Crippen LogP contribution in [0, 0.1) is 23.2 Å². The molecule has 0 rings (SSSR count). The highest BCUT2D eigenvalue weighted by atomic mass is 16.5. The fourth-order valence-corrected chi connectivity index (χ4v) is 1.38. The molecule has 0 amide bonds. The zero-order chi connectivity index (χ0) is 12.9. The van der Waals surface area contributed by atoms with E-state index < -0.39 is 6.10 Å². The first-order valence-electron chi connectivity index (χ1n) is 6.23. The first-order valence-corrected chi connectivity index (χ1v) is 6.23. The van der Waals surface area contributed by atoms with Crippen LogP contribution in [0.25, 0.3) is 0 Å². The lowest BCUT2D eigenvalue weighted by molar-refractivity contribution is -0.143. The van der Waals surface area contributed by atoms with Gasteiger partial charge in [0.15, 0.2) is 6.10 Å². The molecule has 0 aromatic rings. The molecule has 17 heavy (non-hydrogen) atoms. The second-order valence-electron chi connectivity index (χ2n) is 3.93. The van der Waals surface area contributed by atoms with Crippen LogP contribution in [0.3, 0.4) is 0 Å². The molecule has 0 radical (unpaired) electrons. The lowest BCUT2D eigenvalue weighted by Crippen LogP contribution is -2.13. The Morgan fingerprint density at radius 3 is 2.65 bits per heavy atom. The van der Waals surface area contributed by atoms with Gasteiger partial charge in [-0.3, -0.25) is 4.79 Å². The van der Waals surface area contributed by atoms with Crippen molar-refractivity contribution < 1.29 is 9.53 Å². The Labute approximate surface area is 104 Å². The summed E-state index contributed by atoms with van der Waals surface area (Å²) < 4.78 is 5.02. The molecule has 3 heteroatoms. The minimum absolute atomic E-state index is 0.340. The van der Waals surface area contributed by atoms with Crippen LogP contribution in [0.4, 0.5) is 0 Å². The number of nitrogens with zero attached hydrogens (tertiary/aromatic N) is 1. The van der Waals surface area contributed by atoms with Crippen LogP contribution in [-0.2, 0) is 9.53 Å². The van der Waals surface area contributed by atoms with Gasteiger partial charge in [0, 0.05) is 26.2 Å². The standard InChI is InChI=1S/C14H21NO2/c1-3-4-5-6-7-8-10-14(11-9-12-15)17-13(2)16/h14H,3-7,9,11H2,1-2H3/t14-/m1/s1. The molecule has 94 valence electrons. The summed E-state index contributed by atoms with van der Waals surface area (Å²) in [6.07, 6.45) is 6.02. The molecule has 0 aliphatic rings. The van der Waals surface area contributed by atoms with Gasteiger partial charge in [0.1, 0.15) is 0 Å². The summed E-state index contributed by atoms with van der Waals surface area (Å²) >= 11 is 0. The summed E-state index contributed by atoms with van der Waals surface area (Å²) in [6.45, 7) is 3.53. The van der Waals surface area contributed by atoms with E-state index in [0.29, 0.717) is 12.8 Å². The Kier molecular flexibility index (Phi) is 10.1. The third-order valence-corrected chi connectivity index (χ3v) is 2.24. The van der Waals surface area contributed by atoms with Crippen LogP contribution in [0.2, 0.25) is 0 Å². The summed E-state index contributed by atoms with van der Waals surface area (Å²) in [6, 6.07) is 2.03. The number of nitriles is 1. The van der Waals surface area contributed by atoms with Crippen molar-refractivity contribution in [2.45, 2.75) is 64.9 Å². The van der Waals surface area contributed by atoms with Gasteiger partial charge in [0.2, 0.25) is 0 Å². The van der Waals surface area contributed by atoms with Gasteiger partial charge in [-0.05, 0) is 6.42 Å². The smallest absolute Gasteiger partial charge is 0.303 e. The van der Waals surface area contributed by atoms with Crippen molar-refractivity contribution in [2.75, 3.05) is 0 Å². The van der Waals surface area contributed by atoms with E-state index in [0.717, 1.165) is 12.8 Å². The van der Waals surface area contributed by atoms with E-state index in [1.54, 1.807) is 0 Å². The van der Waals surface area contributed by atoms with E-state index in [1.165, 1.54) is 26.2 Å². The maximum atomic E-state index is 10.8. The Hall–Kier alpha value is -1.48. The van der Waals surface area contributed by atoms with Gasteiger partial charge in [-0.15, -0.1) is 0 Å². The zero-order valence-corrected chi connectivity index (χ0v) is 10.8. The second kappa shape index (κ2) is 11.0. The van der Waals surface area contributed by atoms with Crippen molar-refractivity contribution >= 4 is 5.97 Å². The minimum Gasteiger partial charge on any atom is -0.449 e. The van der Waals surface area contributed by atoms with E-state index in [2.05, 4.69) is 18.8 Å². The molecule has 0 aromatic heterocycles. The van der Waals surface area contributed by atoms with Crippen LogP contribution in [0.1, 0.15) is 58.8 Å². The fraction of sp³-hybridized carbons (Fsp3) is 0.714. The predicted molar refractivity (Wildman–Crippen MR) is 66.9 cm³/mol. The molecule has 0 saturated carbocycles. The van der Waals surface area contributed by atoms with Gasteiger partial charge in [-0.2, -0.15) is 5.26 Å². The lowest BCUT2D eigenvalue weighted by atomic mass is 10.1. The number of carbonyl (C=O) groups is 1. The third-order valence-electron chi connectivity index (χ3n) is 2.24. The number of ether oxygens (including phenoxy) is 1. The third kappa shape index (κ3) is 10.8. The summed E-state index contributed by atoms with van der Waals surface area (Å²) in [5.74, 6) is 5.60. The van der Waals surface area contributed by atoms with Crippen LogP contribution >= 0.6 is 0 Å². The Balaban J connectivity index is 3.92. The first kappa shape index (κ1) is 15.5. The maximum Gasteiger partial charge on any atom is 0.303 e. The van der Waals surface area contributed by atoms with Crippen molar-refractivity contribution in [1.29, 1.82) is 5.26 Å². The van der Waals surface area contributed by atoms with E-state index >= 15 is 0 Å². The fourth-order valence-electron chi connectivity index (χ4n) is 1.38. The van der Waals surface area contributed by atoms with Crippen LogP contribution in [-0.4, -0.2) is 12.1 Å². The number of rotatable bonds is 7. The number of esters is 1. The molecule has 1 atom stereocenters. The number of carbonyl (C=O) groups excluding carboxylic acids is 1. The summed E-state index contributed by atoms with van der Waals surface area (Å²) in [5, 5.41) is 8.48. The average Bonchev–Trinajstić information content (AvgIpc) is 2.29. The molecule has 0 saturated heterocycles. The monoisotopic (exact) mass is 235 g/mol. The van der Waals surface area contributed by atoms with Crippen LogP contribution < -0.4 is 0 Å². The molecule has 0 fully saturated rings. The van der Waals surface area contributed by atoms with Crippen molar-refractivity contribution in [3.63, 3.8) is 0 Å². The number of hydrogen-bond acceptors (Lipinski definition) is 3.